The van der Waals surface area contributed by atoms with Crippen molar-refractivity contribution in [1.29, 1.82) is 0 Å². The number of aliphatic carboxylic acids is 1. The number of nitrogens with zero attached hydrogens (tertiary/aromatic N) is 3. The number of aryl methyl sites for hydroxylation is 1. The summed E-state index contributed by atoms with van der Waals surface area (Å²) in [6.45, 7) is 4.37. The van der Waals surface area contributed by atoms with Gasteiger partial charge in [0, 0.05) is 16.8 Å². The Morgan fingerprint density at radius 2 is 2.00 bits per heavy atom. The molecule has 1 aliphatic carbocycles. The zero-order valence-corrected chi connectivity index (χ0v) is 17.2. The van der Waals surface area contributed by atoms with E-state index >= 15 is 0 Å². The number of carbonyl (C=O) groups excluding carboxylic acids is 1. The molecule has 0 spiro atoms. The SMILES string of the molecule is CSc1nc(SCC(=O)[O-])c2sc3nc(C(C)C)c4c(c3c2n1)CCC4. The number of thiophene rings is 1. The van der Waals surface area contributed by atoms with E-state index in [2.05, 4.69) is 18.8 Å². The molecule has 26 heavy (non-hydrogen) atoms. The van der Waals surface area contributed by atoms with Crippen LogP contribution < -0.4 is 5.11 Å². The molecule has 3 aromatic heterocycles. The van der Waals surface area contributed by atoms with Crippen LogP contribution in [0.1, 0.15) is 43.0 Å². The molecule has 0 saturated carbocycles. The molecule has 0 aromatic carbocycles. The van der Waals surface area contributed by atoms with Gasteiger partial charge >= 0.3 is 0 Å². The molecule has 4 rings (SSSR count). The molecule has 5 nitrogen and oxygen atoms in total. The van der Waals surface area contributed by atoms with Crippen LogP contribution in [0.25, 0.3) is 20.4 Å². The van der Waals surface area contributed by atoms with Crippen molar-refractivity contribution in [3.63, 3.8) is 0 Å². The summed E-state index contributed by atoms with van der Waals surface area (Å²) in [5.41, 5.74) is 4.89. The highest BCUT2D eigenvalue weighted by Crippen LogP contribution is 2.43. The second-order valence-electron chi connectivity index (χ2n) is 6.60. The first-order valence-corrected chi connectivity index (χ1v) is 11.5. The Hall–Kier alpha value is -1.38. The van der Waals surface area contributed by atoms with Crippen molar-refractivity contribution in [3.05, 3.63) is 16.8 Å². The highest BCUT2D eigenvalue weighted by atomic mass is 32.2. The van der Waals surface area contributed by atoms with Gasteiger partial charge in [0.2, 0.25) is 0 Å². The third-order valence-electron chi connectivity index (χ3n) is 4.57. The lowest BCUT2D eigenvalue weighted by Crippen LogP contribution is -2.24. The Kier molecular flexibility index (Phi) is 4.83. The predicted octanol–water partition coefficient (Wildman–Crippen LogP) is 3.42. The van der Waals surface area contributed by atoms with Crippen molar-refractivity contribution < 1.29 is 9.90 Å². The van der Waals surface area contributed by atoms with E-state index in [4.69, 9.17) is 9.97 Å². The smallest absolute Gasteiger partial charge is 0.189 e. The van der Waals surface area contributed by atoms with E-state index in [-0.39, 0.29) is 5.75 Å². The highest BCUT2D eigenvalue weighted by molar-refractivity contribution is 8.00. The van der Waals surface area contributed by atoms with Gasteiger partial charge in [-0.1, -0.05) is 37.4 Å². The third-order valence-corrected chi connectivity index (χ3v) is 7.28. The van der Waals surface area contributed by atoms with Crippen LogP contribution in [0.3, 0.4) is 0 Å². The molecule has 0 saturated heterocycles. The standard InChI is InChI=1S/C18H19N3O2S3/c1-8(2)13-10-6-4-5-9(10)12-14-15(26-16(12)19-13)17(25-7-11(22)23)21-18(20-14)24-3/h8H,4-7H2,1-3H3,(H,22,23)/p-1. The molecule has 0 aliphatic heterocycles. The first-order valence-electron chi connectivity index (χ1n) is 8.52. The molecule has 0 bridgehead atoms. The lowest BCUT2D eigenvalue weighted by molar-refractivity contribution is -0.301. The van der Waals surface area contributed by atoms with E-state index in [9.17, 15) is 9.90 Å². The number of aromatic nitrogens is 3. The minimum absolute atomic E-state index is 0.114. The zero-order valence-electron chi connectivity index (χ0n) is 14.8. The Morgan fingerprint density at radius 1 is 1.23 bits per heavy atom. The molecule has 0 atom stereocenters. The number of rotatable bonds is 5. The van der Waals surface area contributed by atoms with E-state index < -0.39 is 5.97 Å². The average Bonchev–Trinajstić information content (AvgIpc) is 3.22. The van der Waals surface area contributed by atoms with Crippen LogP contribution in [0.15, 0.2) is 10.2 Å². The monoisotopic (exact) mass is 404 g/mol. The van der Waals surface area contributed by atoms with Crippen molar-refractivity contribution >= 4 is 61.3 Å². The van der Waals surface area contributed by atoms with Crippen molar-refractivity contribution in [2.45, 2.75) is 49.2 Å². The summed E-state index contributed by atoms with van der Waals surface area (Å²) in [5.74, 6) is -0.817. The van der Waals surface area contributed by atoms with Crippen molar-refractivity contribution in [1.82, 2.24) is 15.0 Å². The van der Waals surface area contributed by atoms with E-state index in [0.717, 1.165) is 39.7 Å². The highest BCUT2D eigenvalue weighted by Gasteiger charge is 2.25. The van der Waals surface area contributed by atoms with Crippen LogP contribution in [0, 0.1) is 0 Å². The normalized spacial score (nSPS) is 13.8. The van der Waals surface area contributed by atoms with Crippen molar-refractivity contribution in [2.24, 2.45) is 0 Å². The minimum Gasteiger partial charge on any atom is -0.549 e. The third kappa shape index (κ3) is 2.97. The second-order valence-corrected chi connectivity index (χ2v) is 9.34. The molecule has 0 amide bonds. The topological polar surface area (TPSA) is 78.8 Å². The predicted molar refractivity (Wildman–Crippen MR) is 106 cm³/mol. The largest absolute Gasteiger partial charge is 0.549 e. The summed E-state index contributed by atoms with van der Waals surface area (Å²) in [6.07, 6.45) is 5.22. The lowest BCUT2D eigenvalue weighted by Gasteiger charge is -2.12. The molecular weight excluding hydrogens is 386 g/mol. The fraction of sp³-hybridized carbons (Fsp3) is 0.444. The summed E-state index contributed by atoms with van der Waals surface area (Å²) in [4.78, 5) is 26.2. The Balaban J connectivity index is 2.03. The lowest BCUT2D eigenvalue weighted by atomic mass is 9.99. The van der Waals surface area contributed by atoms with Gasteiger partial charge in [0.25, 0.3) is 0 Å². The van der Waals surface area contributed by atoms with Crippen LogP contribution in [-0.2, 0) is 17.6 Å². The van der Waals surface area contributed by atoms with Gasteiger partial charge in [-0.2, -0.15) is 0 Å². The number of fused-ring (bicyclic) bond motifs is 5. The van der Waals surface area contributed by atoms with E-state index in [1.54, 1.807) is 11.3 Å². The van der Waals surface area contributed by atoms with Crippen LogP contribution in [0.2, 0.25) is 0 Å². The van der Waals surface area contributed by atoms with Gasteiger partial charge in [0.15, 0.2) is 5.16 Å². The molecule has 0 N–H and O–H groups in total. The number of carboxylic acid groups (broad SMARTS) is 1. The first kappa shape index (κ1) is 18.0. The van der Waals surface area contributed by atoms with Crippen molar-refractivity contribution in [3.8, 4) is 0 Å². The maximum Gasteiger partial charge on any atom is 0.189 e. The van der Waals surface area contributed by atoms with Gasteiger partial charge in [-0.05, 0) is 42.6 Å². The summed E-state index contributed by atoms with van der Waals surface area (Å²) in [7, 11) is 0. The molecule has 8 heteroatoms. The molecule has 0 radical (unpaired) electrons. The summed E-state index contributed by atoms with van der Waals surface area (Å²) >= 11 is 4.25. The van der Waals surface area contributed by atoms with Crippen LogP contribution in [0.4, 0.5) is 0 Å². The average molecular weight is 405 g/mol. The Labute approximate surface area is 164 Å². The maximum atomic E-state index is 10.9. The Bertz CT molecular complexity index is 1030. The van der Waals surface area contributed by atoms with Crippen LogP contribution >= 0.6 is 34.9 Å². The summed E-state index contributed by atoms with van der Waals surface area (Å²) in [6, 6.07) is 0. The first-order chi connectivity index (χ1) is 12.5. The van der Waals surface area contributed by atoms with Gasteiger partial charge in [-0.3, -0.25) is 0 Å². The fourth-order valence-electron chi connectivity index (χ4n) is 3.54. The van der Waals surface area contributed by atoms with E-state index in [0.29, 0.717) is 16.1 Å². The van der Waals surface area contributed by atoms with E-state index in [1.807, 2.05) is 6.26 Å². The molecule has 3 heterocycles. The Morgan fingerprint density at radius 3 is 2.69 bits per heavy atom. The maximum absolute atomic E-state index is 10.9. The molecule has 1 aliphatic rings. The van der Waals surface area contributed by atoms with Gasteiger partial charge in [-0.15, -0.1) is 11.3 Å². The second kappa shape index (κ2) is 6.98. The zero-order chi connectivity index (χ0) is 18.4. The minimum atomic E-state index is -1.09. The fourth-order valence-corrected chi connectivity index (χ4v) is 5.94. The van der Waals surface area contributed by atoms with Crippen LogP contribution in [0.5, 0.6) is 0 Å². The van der Waals surface area contributed by atoms with Crippen molar-refractivity contribution in [2.75, 3.05) is 12.0 Å². The number of carbonyl (C=O) groups is 1. The van der Waals surface area contributed by atoms with Crippen LogP contribution in [-0.4, -0.2) is 32.9 Å². The van der Waals surface area contributed by atoms with Gasteiger partial charge in [0.05, 0.1) is 16.2 Å². The molecular formula is C18H18N3O2S3-. The van der Waals surface area contributed by atoms with Gasteiger partial charge < -0.3 is 9.90 Å². The summed E-state index contributed by atoms with van der Waals surface area (Å²) < 4.78 is 0.937. The molecule has 0 fully saturated rings. The van der Waals surface area contributed by atoms with E-state index in [1.165, 1.54) is 40.3 Å². The molecule has 3 aromatic rings. The molecule has 0 unspecified atom stereocenters. The quantitative estimate of drug-likeness (QED) is 0.366. The van der Waals surface area contributed by atoms with Gasteiger partial charge in [-0.25, -0.2) is 15.0 Å². The summed E-state index contributed by atoms with van der Waals surface area (Å²) in [5, 5.41) is 13.4. The number of thioether (sulfide) groups is 2. The van der Waals surface area contributed by atoms with Gasteiger partial charge in [0.1, 0.15) is 9.86 Å². The number of hydrogen-bond donors (Lipinski definition) is 0. The number of carboxylic acids is 1. The molecule has 136 valence electrons. The number of hydrogen-bond acceptors (Lipinski definition) is 8. The number of pyridine rings is 1.